The fraction of sp³-hybridized carbons (Fsp3) is 0.0870. The Morgan fingerprint density at radius 3 is 2.70 bits per heavy atom. The summed E-state index contributed by atoms with van der Waals surface area (Å²) >= 11 is 1.64. The zero-order valence-corrected chi connectivity index (χ0v) is 19.5. The summed E-state index contributed by atoms with van der Waals surface area (Å²) in [4.78, 5) is 11.3. The van der Waals surface area contributed by atoms with Crippen molar-refractivity contribution in [3.63, 3.8) is 0 Å². The maximum absolute atomic E-state index is 5.98. The van der Waals surface area contributed by atoms with Gasteiger partial charge < -0.3 is 33.3 Å². The van der Waals surface area contributed by atoms with Gasteiger partial charge in [0.1, 0.15) is 5.03 Å². The molecule has 1 aliphatic rings. The predicted octanol–water partition coefficient (Wildman–Crippen LogP) is 1.68. The zero-order chi connectivity index (χ0) is 19.8. The summed E-state index contributed by atoms with van der Waals surface area (Å²) in [5, 5.41) is 2.05. The fourth-order valence-electron chi connectivity index (χ4n) is 3.40. The van der Waals surface area contributed by atoms with E-state index in [2.05, 4.69) is 52.3 Å². The molecule has 0 spiro atoms. The molecule has 1 aromatic carbocycles. The number of anilines is 1. The minimum Gasteiger partial charge on any atom is -1.00 e. The fourth-order valence-corrected chi connectivity index (χ4v) is 4.29. The molecule has 0 fully saturated rings. The van der Waals surface area contributed by atoms with Gasteiger partial charge in [-0.3, -0.25) is 0 Å². The van der Waals surface area contributed by atoms with Crippen LogP contribution in [0.15, 0.2) is 87.5 Å². The molecule has 4 heterocycles. The van der Waals surface area contributed by atoms with Crippen LogP contribution in [0.4, 0.5) is 5.69 Å². The molecule has 0 radical (unpaired) electrons. The first-order chi connectivity index (χ1) is 14.2. The Kier molecular flexibility index (Phi) is 5.92. The number of hydrogen-bond acceptors (Lipinski definition) is 5. The summed E-state index contributed by atoms with van der Waals surface area (Å²) in [7, 11) is 4.05. The lowest BCUT2D eigenvalue weighted by Gasteiger charge is -2.29. The number of para-hydroxylation sites is 1. The van der Waals surface area contributed by atoms with Crippen LogP contribution in [-0.2, 0) is 7.05 Å². The summed E-state index contributed by atoms with van der Waals surface area (Å²) in [5.41, 5.74) is 4.95. The SMILES string of the molecule is CN1C(Sc2ccccn2)=C/C(=C\c2nc3c(ccc[n+]3C)o2)c2ccccc21.[I-]. The molecule has 150 valence electrons. The number of thioether (sulfide) groups is 1. The molecule has 3 aromatic heterocycles. The second-order valence-electron chi connectivity index (χ2n) is 6.79. The Morgan fingerprint density at radius 1 is 1.07 bits per heavy atom. The number of oxazole rings is 1. The second-order valence-corrected chi connectivity index (χ2v) is 7.83. The summed E-state index contributed by atoms with van der Waals surface area (Å²) in [5.74, 6) is 0.592. The molecule has 1 aliphatic heterocycles. The van der Waals surface area contributed by atoms with Crippen LogP contribution in [0.2, 0.25) is 0 Å². The van der Waals surface area contributed by atoms with Gasteiger partial charge >= 0.3 is 11.5 Å². The molecular formula is C23H19IN4OS. The van der Waals surface area contributed by atoms with E-state index < -0.39 is 0 Å². The summed E-state index contributed by atoms with van der Waals surface area (Å²) in [6.07, 6.45) is 7.95. The second kappa shape index (κ2) is 8.61. The lowest BCUT2D eigenvalue weighted by atomic mass is 10.00. The number of hydrogen-bond donors (Lipinski definition) is 0. The summed E-state index contributed by atoms with van der Waals surface area (Å²) in [6.45, 7) is 0. The van der Waals surface area contributed by atoms with Crippen LogP contribution in [0, 0.1) is 0 Å². The van der Waals surface area contributed by atoms with Crippen LogP contribution in [0.3, 0.4) is 0 Å². The molecule has 5 rings (SSSR count). The molecule has 0 atom stereocenters. The highest BCUT2D eigenvalue weighted by molar-refractivity contribution is 8.03. The molecule has 30 heavy (non-hydrogen) atoms. The molecule has 0 saturated carbocycles. The van der Waals surface area contributed by atoms with Crippen molar-refractivity contribution in [3.8, 4) is 0 Å². The molecule has 7 heteroatoms. The van der Waals surface area contributed by atoms with Gasteiger partial charge in [0.2, 0.25) is 5.58 Å². The first-order valence-corrected chi connectivity index (χ1v) is 10.1. The van der Waals surface area contributed by atoms with Crippen molar-refractivity contribution in [1.82, 2.24) is 9.97 Å². The number of benzene rings is 1. The number of nitrogens with zero attached hydrogens (tertiary/aromatic N) is 4. The van der Waals surface area contributed by atoms with Gasteiger partial charge in [-0.2, -0.15) is 0 Å². The van der Waals surface area contributed by atoms with Crippen LogP contribution < -0.4 is 33.4 Å². The van der Waals surface area contributed by atoms with E-state index in [1.54, 1.807) is 11.8 Å². The molecule has 0 aliphatic carbocycles. The average Bonchev–Trinajstić information content (AvgIpc) is 3.16. The Morgan fingerprint density at radius 2 is 1.90 bits per heavy atom. The van der Waals surface area contributed by atoms with Crippen LogP contribution >= 0.6 is 11.8 Å². The zero-order valence-electron chi connectivity index (χ0n) is 16.5. The van der Waals surface area contributed by atoms with Gasteiger partial charge in [0, 0.05) is 35.6 Å². The molecule has 0 saturated heterocycles. The minimum atomic E-state index is 0. The van der Waals surface area contributed by atoms with Crippen molar-refractivity contribution in [2.45, 2.75) is 5.03 Å². The number of pyridine rings is 2. The smallest absolute Gasteiger partial charge is 0.370 e. The van der Waals surface area contributed by atoms with E-state index in [1.807, 2.05) is 60.4 Å². The van der Waals surface area contributed by atoms with E-state index in [9.17, 15) is 0 Å². The highest BCUT2D eigenvalue weighted by Crippen LogP contribution is 2.41. The van der Waals surface area contributed by atoms with Crippen molar-refractivity contribution in [2.75, 3.05) is 11.9 Å². The topological polar surface area (TPSA) is 46.0 Å². The van der Waals surface area contributed by atoms with Gasteiger partial charge in [-0.1, -0.05) is 36.0 Å². The molecule has 0 N–H and O–H groups in total. The first kappa shape index (κ1) is 20.6. The van der Waals surface area contributed by atoms with Gasteiger partial charge in [-0.25, -0.2) is 9.55 Å². The molecule has 0 bridgehead atoms. The molecule has 4 aromatic rings. The first-order valence-electron chi connectivity index (χ1n) is 9.30. The van der Waals surface area contributed by atoms with Gasteiger partial charge in [0.25, 0.3) is 0 Å². The Bertz CT molecular complexity index is 1270. The van der Waals surface area contributed by atoms with Gasteiger partial charge in [-0.05, 0) is 42.0 Å². The van der Waals surface area contributed by atoms with Crippen LogP contribution in [0.1, 0.15) is 11.5 Å². The Hall–Kier alpha value is -2.65. The van der Waals surface area contributed by atoms with Crippen molar-refractivity contribution in [1.29, 1.82) is 0 Å². The van der Waals surface area contributed by atoms with Crippen LogP contribution in [-0.4, -0.2) is 17.0 Å². The third-order valence-electron chi connectivity index (χ3n) is 4.85. The number of aryl methyl sites for hydroxylation is 1. The lowest BCUT2D eigenvalue weighted by Crippen LogP contribution is -3.00. The van der Waals surface area contributed by atoms with E-state index in [1.165, 1.54) is 0 Å². The molecule has 0 amide bonds. The Balaban J connectivity index is 0.00000218. The van der Waals surface area contributed by atoms with Crippen molar-refractivity contribution in [2.24, 2.45) is 7.05 Å². The highest BCUT2D eigenvalue weighted by atomic mass is 127. The van der Waals surface area contributed by atoms with Crippen molar-refractivity contribution in [3.05, 3.63) is 89.6 Å². The summed E-state index contributed by atoms with van der Waals surface area (Å²) in [6, 6.07) is 18.2. The summed E-state index contributed by atoms with van der Waals surface area (Å²) < 4.78 is 7.94. The molecule has 5 nitrogen and oxygen atoms in total. The average molecular weight is 526 g/mol. The number of rotatable bonds is 3. The third kappa shape index (κ3) is 3.87. The van der Waals surface area contributed by atoms with Crippen molar-refractivity contribution >= 4 is 40.3 Å². The standard InChI is InChI=1S/C23H19N4OS.HI/c1-26-13-7-10-19-23(26)25-20(28-19)14-16-15-22(29-21-11-5-6-12-24-21)27(2)18-9-4-3-8-17(16)18;/h3-15H,1-2H3;1H/q+1;/p-1. The number of fused-ring (bicyclic) bond motifs is 2. The van der Waals surface area contributed by atoms with E-state index in [0.717, 1.165) is 38.1 Å². The van der Waals surface area contributed by atoms with Crippen molar-refractivity contribution < 1.29 is 33.0 Å². The number of allylic oxidation sites excluding steroid dienone is 2. The molecular weight excluding hydrogens is 507 g/mol. The van der Waals surface area contributed by atoms with E-state index in [-0.39, 0.29) is 24.0 Å². The highest BCUT2D eigenvalue weighted by Gasteiger charge is 2.23. The third-order valence-corrected chi connectivity index (χ3v) is 5.91. The van der Waals surface area contributed by atoms with E-state index in [4.69, 9.17) is 4.42 Å². The lowest BCUT2D eigenvalue weighted by molar-refractivity contribution is -0.646. The van der Waals surface area contributed by atoms with Gasteiger partial charge in [0.05, 0.1) is 18.3 Å². The van der Waals surface area contributed by atoms with E-state index >= 15 is 0 Å². The van der Waals surface area contributed by atoms with E-state index in [0.29, 0.717) is 5.89 Å². The largest absolute Gasteiger partial charge is 1.00 e. The maximum atomic E-state index is 5.98. The van der Waals surface area contributed by atoms with Crippen LogP contribution in [0.25, 0.3) is 22.9 Å². The number of halogens is 1. The van der Waals surface area contributed by atoms with Crippen LogP contribution in [0.5, 0.6) is 0 Å². The predicted molar refractivity (Wildman–Crippen MR) is 116 cm³/mol. The van der Waals surface area contributed by atoms with Gasteiger partial charge in [-0.15, -0.1) is 0 Å². The molecule has 0 unspecified atom stereocenters. The maximum Gasteiger partial charge on any atom is 0.370 e. The Labute approximate surface area is 196 Å². The van der Waals surface area contributed by atoms with Gasteiger partial charge in [0.15, 0.2) is 0 Å². The normalized spacial score (nSPS) is 14.4. The quantitative estimate of drug-likeness (QED) is 0.301. The monoisotopic (exact) mass is 526 g/mol. The minimum absolute atomic E-state index is 0. The number of aromatic nitrogens is 3.